The molecule has 1 N–H and O–H groups in total. The van der Waals surface area contributed by atoms with E-state index in [1.165, 1.54) is 0 Å². The molecule has 0 radical (unpaired) electrons. The number of benzene rings is 1. The minimum absolute atomic E-state index is 0.0301. The third-order valence-corrected chi connectivity index (χ3v) is 4.91. The highest BCUT2D eigenvalue weighted by Gasteiger charge is 2.41. The Morgan fingerprint density at radius 1 is 1.31 bits per heavy atom. The van der Waals surface area contributed by atoms with E-state index in [4.69, 9.17) is 4.74 Å². The summed E-state index contributed by atoms with van der Waals surface area (Å²) in [5, 5.41) is 13.7. The lowest BCUT2D eigenvalue weighted by Crippen LogP contribution is -2.30. The number of rotatable bonds is 6. The maximum Gasteiger partial charge on any atom is 0.308 e. The monoisotopic (exact) mass is 357 g/mol. The molecule has 26 heavy (non-hydrogen) atoms. The molecule has 1 aromatic carbocycles. The predicted molar refractivity (Wildman–Crippen MR) is 95.0 cm³/mol. The van der Waals surface area contributed by atoms with Crippen LogP contribution in [0, 0.1) is 5.92 Å². The highest BCUT2D eigenvalue weighted by atomic mass is 16.5. The van der Waals surface area contributed by atoms with E-state index in [9.17, 15) is 14.7 Å². The first-order chi connectivity index (χ1) is 12.5. The van der Waals surface area contributed by atoms with E-state index in [1.807, 2.05) is 37.5 Å². The Morgan fingerprint density at radius 3 is 2.73 bits per heavy atom. The first-order valence-corrected chi connectivity index (χ1v) is 8.60. The molecule has 2 heterocycles. The zero-order valence-corrected chi connectivity index (χ0v) is 15.0. The standard InChI is InChI=1S/C19H23N3O4/c1-21-10-13(9-20-21)7-8-18(23)22-11-15(16(12-22)19(24)25)14-5-3-4-6-17(14)26-2/h3-6,9-10,15-16H,7-8,11-12H2,1-2H3,(H,24,25). The summed E-state index contributed by atoms with van der Waals surface area (Å²) in [6, 6.07) is 7.41. The van der Waals surface area contributed by atoms with E-state index < -0.39 is 11.9 Å². The summed E-state index contributed by atoms with van der Waals surface area (Å²) in [5.74, 6) is -1.16. The van der Waals surface area contributed by atoms with Crippen molar-refractivity contribution >= 4 is 11.9 Å². The van der Waals surface area contributed by atoms with Gasteiger partial charge in [-0.2, -0.15) is 5.10 Å². The normalized spacial score (nSPS) is 19.5. The van der Waals surface area contributed by atoms with E-state index in [1.54, 1.807) is 22.9 Å². The van der Waals surface area contributed by atoms with Gasteiger partial charge in [-0.3, -0.25) is 14.3 Å². The van der Waals surface area contributed by atoms with Crippen molar-refractivity contribution in [2.75, 3.05) is 20.2 Å². The van der Waals surface area contributed by atoms with Crippen LogP contribution in [-0.4, -0.2) is 51.9 Å². The van der Waals surface area contributed by atoms with Crippen molar-refractivity contribution in [3.05, 3.63) is 47.8 Å². The van der Waals surface area contributed by atoms with Crippen LogP contribution in [0.3, 0.4) is 0 Å². The smallest absolute Gasteiger partial charge is 0.308 e. The lowest BCUT2D eigenvalue weighted by atomic mass is 9.88. The topological polar surface area (TPSA) is 84.7 Å². The molecular weight excluding hydrogens is 334 g/mol. The molecule has 1 amide bonds. The molecule has 3 rings (SSSR count). The van der Waals surface area contributed by atoms with Crippen molar-refractivity contribution in [2.45, 2.75) is 18.8 Å². The number of methoxy groups -OCH3 is 1. The molecule has 1 fully saturated rings. The molecule has 2 atom stereocenters. The van der Waals surface area contributed by atoms with E-state index in [-0.39, 0.29) is 18.4 Å². The fourth-order valence-electron chi connectivity index (χ4n) is 3.56. The number of aromatic nitrogens is 2. The van der Waals surface area contributed by atoms with Crippen molar-refractivity contribution in [3.8, 4) is 5.75 Å². The van der Waals surface area contributed by atoms with Crippen molar-refractivity contribution in [3.63, 3.8) is 0 Å². The summed E-state index contributed by atoms with van der Waals surface area (Å²) in [5.41, 5.74) is 1.83. The number of hydrogen-bond acceptors (Lipinski definition) is 4. The Hall–Kier alpha value is -2.83. The number of ether oxygens (including phenoxy) is 1. The van der Waals surface area contributed by atoms with Crippen LogP contribution in [0.1, 0.15) is 23.5 Å². The molecule has 0 saturated carbocycles. The van der Waals surface area contributed by atoms with Gasteiger partial charge in [0.25, 0.3) is 0 Å². The van der Waals surface area contributed by atoms with Crippen molar-refractivity contribution in [1.82, 2.24) is 14.7 Å². The summed E-state index contributed by atoms with van der Waals surface area (Å²) in [6.07, 6.45) is 4.57. The van der Waals surface area contributed by atoms with Gasteiger partial charge in [0, 0.05) is 38.7 Å². The maximum absolute atomic E-state index is 12.6. The number of aryl methyl sites for hydroxylation is 2. The predicted octanol–water partition coefficient (Wildman–Crippen LogP) is 1.69. The number of carbonyl (C=O) groups excluding carboxylic acids is 1. The molecule has 1 saturated heterocycles. The van der Waals surface area contributed by atoms with Crippen LogP contribution in [-0.2, 0) is 23.1 Å². The highest BCUT2D eigenvalue weighted by molar-refractivity contribution is 5.80. The van der Waals surface area contributed by atoms with E-state index >= 15 is 0 Å². The number of likely N-dealkylation sites (tertiary alicyclic amines) is 1. The van der Waals surface area contributed by atoms with Crippen LogP contribution < -0.4 is 4.74 Å². The number of carboxylic acid groups (broad SMARTS) is 1. The number of amides is 1. The van der Waals surface area contributed by atoms with Gasteiger partial charge in [0.05, 0.1) is 19.2 Å². The van der Waals surface area contributed by atoms with E-state index in [0.717, 1.165) is 11.1 Å². The fourth-order valence-corrected chi connectivity index (χ4v) is 3.56. The number of hydrogen-bond donors (Lipinski definition) is 1. The number of nitrogens with zero attached hydrogens (tertiary/aromatic N) is 3. The van der Waals surface area contributed by atoms with Gasteiger partial charge in [-0.25, -0.2) is 0 Å². The summed E-state index contributed by atoms with van der Waals surface area (Å²) >= 11 is 0. The average molecular weight is 357 g/mol. The van der Waals surface area contributed by atoms with Gasteiger partial charge < -0.3 is 14.7 Å². The van der Waals surface area contributed by atoms with E-state index in [0.29, 0.717) is 25.1 Å². The lowest BCUT2D eigenvalue weighted by Gasteiger charge is -2.18. The first-order valence-electron chi connectivity index (χ1n) is 8.60. The number of carbonyl (C=O) groups is 2. The zero-order valence-electron chi connectivity index (χ0n) is 15.0. The van der Waals surface area contributed by atoms with Crippen LogP contribution in [0.4, 0.5) is 0 Å². The second-order valence-electron chi connectivity index (χ2n) is 6.61. The summed E-state index contributed by atoms with van der Waals surface area (Å²) in [7, 11) is 3.40. The minimum Gasteiger partial charge on any atom is -0.496 e. The van der Waals surface area contributed by atoms with Gasteiger partial charge in [0.15, 0.2) is 0 Å². The molecule has 1 aliphatic rings. The van der Waals surface area contributed by atoms with Gasteiger partial charge in [-0.05, 0) is 23.6 Å². The summed E-state index contributed by atoms with van der Waals surface area (Å²) < 4.78 is 7.09. The molecular formula is C19H23N3O4. The summed E-state index contributed by atoms with van der Waals surface area (Å²) in [6.45, 7) is 0.618. The molecule has 7 nitrogen and oxygen atoms in total. The SMILES string of the molecule is COc1ccccc1C1CN(C(=O)CCc2cnn(C)c2)CC1C(=O)O. The molecule has 2 aromatic rings. The van der Waals surface area contributed by atoms with Crippen molar-refractivity contribution < 1.29 is 19.4 Å². The van der Waals surface area contributed by atoms with Crippen LogP contribution >= 0.6 is 0 Å². The molecule has 0 spiro atoms. The fraction of sp³-hybridized carbons (Fsp3) is 0.421. The number of para-hydroxylation sites is 1. The third-order valence-electron chi connectivity index (χ3n) is 4.91. The molecule has 7 heteroatoms. The Labute approximate surface area is 152 Å². The van der Waals surface area contributed by atoms with Crippen molar-refractivity contribution in [1.29, 1.82) is 0 Å². The van der Waals surface area contributed by atoms with Gasteiger partial charge in [0.2, 0.25) is 5.91 Å². The van der Waals surface area contributed by atoms with Crippen LogP contribution in [0.15, 0.2) is 36.7 Å². The Bertz CT molecular complexity index is 802. The van der Waals surface area contributed by atoms with Gasteiger partial charge >= 0.3 is 5.97 Å². The lowest BCUT2D eigenvalue weighted by molar-refractivity contribution is -0.141. The van der Waals surface area contributed by atoms with Gasteiger partial charge in [-0.15, -0.1) is 0 Å². The van der Waals surface area contributed by atoms with Gasteiger partial charge in [-0.1, -0.05) is 18.2 Å². The largest absolute Gasteiger partial charge is 0.496 e. The number of aliphatic carboxylic acids is 1. The third kappa shape index (κ3) is 3.71. The van der Waals surface area contributed by atoms with Crippen LogP contribution in [0.5, 0.6) is 5.75 Å². The number of carboxylic acids is 1. The highest BCUT2D eigenvalue weighted by Crippen LogP contribution is 2.37. The van der Waals surface area contributed by atoms with E-state index in [2.05, 4.69) is 5.10 Å². The average Bonchev–Trinajstić information content (AvgIpc) is 3.26. The zero-order chi connectivity index (χ0) is 18.7. The molecule has 1 aliphatic heterocycles. The Kier molecular flexibility index (Phi) is 5.25. The molecule has 0 aliphatic carbocycles. The molecule has 1 aromatic heterocycles. The molecule has 2 unspecified atom stereocenters. The Balaban J connectivity index is 1.72. The molecule has 138 valence electrons. The first kappa shape index (κ1) is 18.0. The van der Waals surface area contributed by atoms with Crippen molar-refractivity contribution in [2.24, 2.45) is 13.0 Å². The quantitative estimate of drug-likeness (QED) is 0.850. The van der Waals surface area contributed by atoms with Gasteiger partial charge in [0.1, 0.15) is 5.75 Å². The maximum atomic E-state index is 12.6. The summed E-state index contributed by atoms with van der Waals surface area (Å²) in [4.78, 5) is 26.0. The van der Waals surface area contributed by atoms with Crippen LogP contribution in [0.25, 0.3) is 0 Å². The molecule has 0 bridgehead atoms. The second kappa shape index (κ2) is 7.59. The second-order valence-corrected chi connectivity index (χ2v) is 6.61. The Morgan fingerprint density at radius 2 is 2.08 bits per heavy atom. The minimum atomic E-state index is -0.886. The van der Waals surface area contributed by atoms with Crippen LogP contribution in [0.2, 0.25) is 0 Å².